The van der Waals surface area contributed by atoms with Crippen LogP contribution in [0.25, 0.3) is 11.3 Å². The molecule has 0 atom stereocenters. The Morgan fingerprint density at radius 1 is 1.18 bits per heavy atom. The van der Waals surface area contributed by atoms with E-state index in [1.165, 1.54) is 25.7 Å². The number of likely N-dealkylation sites (tertiary alicyclic amines) is 1. The van der Waals surface area contributed by atoms with Crippen molar-refractivity contribution in [3.05, 3.63) is 75.6 Å². The van der Waals surface area contributed by atoms with Gasteiger partial charge in [-0.15, -0.1) is 0 Å². The first-order valence-corrected chi connectivity index (χ1v) is 11.5. The third kappa shape index (κ3) is 5.69. The number of benzene rings is 2. The Hall–Kier alpha value is -3.96. The van der Waals surface area contributed by atoms with Gasteiger partial charge >= 0.3 is 0 Å². The molecule has 1 fully saturated rings. The van der Waals surface area contributed by atoms with Gasteiger partial charge in [0.25, 0.3) is 5.56 Å². The van der Waals surface area contributed by atoms with E-state index in [2.05, 4.69) is 25.4 Å². The van der Waals surface area contributed by atoms with Gasteiger partial charge in [-0.25, -0.2) is 10.4 Å². The molecule has 1 aliphatic heterocycles. The Morgan fingerprint density at radius 2 is 1.94 bits per heavy atom. The van der Waals surface area contributed by atoms with Crippen molar-refractivity contribution in [1.82, 2.24) is 14.9 Å². The summed E-state index contributed by atoms with van der Waals surface area (Å²) >= 11 is 0. The van der Waals surface area contributed by atoms with E-state index in [1.54, 1.807) is 13.3 Å². The summed E-state index contributed by atoms with van der Waals surface area (Å²) in [5.74, 6) is 0.974. The van der Waals surface area contributed by atoms with E-state index >= 15 is 0 Å². The average Bonchev–Trinajstić information content (AvgIpc) is 3.14. The summed E-state index contributed by atoms with van der Waals surface area (Å²) in [7, 11) is 1.66. The summed E-state index contributed by atoms with van der Waals surface area (Å²) in [5, 5.41) is 13.7. The Labute approximate surface area is 198 Å². The predicted octanol–water partition coefficient (Wildman–Crippen LogP) is 4.14. The molecule has 0 bridgehead atoms. The second-order valence-corrected chi connectivity index (χ2v) is 8.24. The highest BCUT2D eigenvalue weighted by Crippen LogP contribution is 2.21. The van der Waals surface area contributed by atoms with Gasteiger partial charge in [0.2, 0.25) is 5.95 Å². The van der Waals surface area contributed by atoms with E-state index in [0.717, 1.165) is 36.5 Å². The van der Waals surface area contributed by atoms with E-state index in [-0.39, 0.29) is 11.5 Å². The van der Waals surface area contributed by atoms with Gasteiger partial charge in [0, 0.05) is 12.1 Å². The number of H-pyrrole nitrogens is 1. The third-order valence-corrected chi connectivity index (χ3v) is 5.90. The number of anilines is 1. The SMILES string of the molecule is COc1ccc(C=NNc2nc(-c3ccccc3)c(C#N)c(=O)[nH]2)c(CN2CCCCCC2)c1. The monoisotopic (exact) mass is 456 g/mol. The first-order valence-electron chi connectivity index (χ1n) is 11.5. The molecular weight excluding hydrogens is 428 g/mol. The van der Waals surface area contributed by atoms with Crippen molar-refractivity contribution >= 4 is 12.2 Å². The van der Waals surface area contributed by atoms with Gasteiger partial charge in [0.15, 0.2) is 0 Å². The first kappa shape index (κ1) is 23.2. The molecule has 34 heavy (non-hydrogen) atoms. The third-order valence-electron chi connectivity index (χ3n) is 5.90. The van der Waals surface area contributed by atoms with E-state index < -0.39 is 5.56 Å². The first-order chi connectivity index (χ1) is 16.7. The molecule has 0 spiro atoms. The minimum Gasteiger partial charge on any atom is -0.497 e. The lowest BCUT2D eigenvalue weighted by molar-refractivity contribution is 0.276. The van der Waals surface area contributed by atoms with Gasteiger partial charge in [-0.1, -0.05) is 43.2 Å². The van der Waals surface area contributed by atoms with Crippen molar-refractivity contribution in [2.75, 3.05) is 25.6 Å². The molecule has 0 amide bonds. The zero-order chi connectivity index (χ0) is 23.8. The molecule has 0 unspecified atom stereocenters. The molecule has 0 aliphatic carbocycles. The van der Waals surface area contributed by atoms with E-state index in [0.29, 0.717) is 11.3 Å². The van der Waals surface area contributed by atoms with Crippen LogP contribution in [-0.4, -0.2) is 41.3 Å². The van der Waals surface area contributed by atoms with Crippen LogP contribution >= 0.6 is 0 Å². The molecule has 2 heterocycles. The summed E-state index contributed by atoms with van der Waals surface area (Å²) in [6.45, 7) is 3.00. The van der Waals surface area contributed by atoms with Crippen LogP contribution in [0.5, 0.6) is 5.75 Å². The van der Waals surface area contributed by atoms with Gasteiger partial charge in [-0.05, 0) is 55.3 Å². The highest BCUT2D eigenvalue weighted by atomic mass is 16.5. The number of nitriles is 1. The Bertz CT molecular complexity index is 1240. The van der Waals surface area contributed by atoms with E-state index in [9.17, 15) is 10.1 Å². The Balaban J connectivity index is 1.57. The standard InChI is InChI=1S/C26H28N6O2/c1-34-22-12-11-20(21(15-22)18-32-13-7-2-3-8-14-32)17-28-31-26-29-24(19-9-5-4-6-10-19)23(16-27)25(33)30-26/h4-6,9-12,15,17H,2-3,7-8,13-14,18H2,1H3,(H2,29,30,31,33). The maximum atomic E-state index is 12.4. The van der Waals surface area contributed by atoms with Crippen molar-refractivity contribution in [2.45, 2.75) is 32.2 Å². The minimum atomic E-state index is -0.514. The molecule has 0 radical (unpaired) electrons. The normalized spacial score (nSPS) is 14.5. The number of rotatable bonds is 7. The van der Waals surface area contributed by atoms with Crippen molar-refractivity contribution in [3.8, 4) is 23.1 Å². The molecule has 3 aromatic rings. The van der Waals surface area contributed by atoms with Crippen molar-refractivity contribution < 1.29 is 4.74 Å². The van der Waals surface area contributed by atoms with Gasteiger partial charge in [-0.3, -0.25) is 14.7 Å². The molecule has 2 N–H and O–H groups in total. The zero-order valence-electron chi connectivity index (χ0n) is 19.3. The van der Waals surface area contributed by atoms with Gasteiger partial charge in [-0.2, -0.15) is 10.4 Å². The Kier molecular flexibility index (Phi) is 7.68. The van der Waals surface area contributed by atoms with Crippen LogP contribution in [0.15, 0.2) is 58.4 Å². The quantitative estimate of drug-likeness (QED) is 0.409. The van der Waals surface area contributed by atoms with Crippen LogP contribution in [0.3, 0.4) is 0 Å². The maximum absolute atomic E-state index is 12.4. The van der Waals surface area contributed by atoms with Crippen molar-refractivity contribution in [1.29, 1.82) is 5.26 Å². The predicted molar refractivity (Wildman–Crippen MR) is 133 cm³/mol. The van der Waals surface area contributed by atoms with Crippen molar-refractivity contribution in [2.24, 2.45) is 5.10 Å². The number of ether oxygens (including phenoxy) is 1. The maximum Gasteiger partial charge on any atom is 0.270 e. The smallest absolute Gasteiger partial charge is 0.270 e. The second kappa shape index (κ2) is 11.3. The molecule has 2 aromatic carbocycles. The summed E-state index contributed by atoms with van der Waals surface area (Å²) in [4.78, 5) is 21.9. The molecular formula is C26H28N6O2. The fraction of sp³-hybridized carbons (Fsp3) is 0.308. The van der Waals surface area contributed by atoms with Crippen LogP contribution < -0.4 is 15.7 Å². The number of hydrazone groups is 1. The van der Waals surface area contributed by atoms with E-state index in [4.69, 9.17) is 4.74 Å². The average molecular weight is 457 g/mol. The molecule has 1 aliphatic rings. The zero-order valence-corrected chi connectivity index (χ0v) is 19.3. The summed E-state index contributed by atoms with van der Waals surface area (Å²) in [5.41, 5.74) is 5.35. The van der Waals surface area contributed by atoms with Gasteiger partial charge in [0.05, 0.1) is 19.0 Å². The van der Waals surface area contributed by atoms with Gasteiger partial charge in [0.1, 0.15) is 17.4 Å². The number of aromatic nitrogens is 2. The molecule has 4 rings (SSSR count). The summed E-state index contributed by atoms with van der Waals surface area (Å²) in [6.07, 6.45) is 6.72. The molecule has 1 saturated heterocycles. The van der Waals surface area contributed by atoms with Crippen LogP contribution in [-0.2, 0) is 6.54 Å². The number of nitrogens with zero attached hydrogens (tertiary/aromatic N) is 4. The van der Waals surface area contributed by atoms with E-state index in [1.807, 2.05) is 54.6 Å². The van der Waals surface area contributed by atoms with Crippen LogP contribution in [0.4, 0.5) is 5.95 Å². The molecule has 8 nitrogen and oxygen atoms in total. The van der Waals surface area contributed by atoms with Crippen LogP contribution in [0.1, 0.15) is 42.4 Å². The fourth-order valence-electron chi connectivity index (χ4n) is 4.10. The number of hydrogen-bond donors (Lipinski definition) is 2. The highest BCUT2D eigenvalue weighted by molar-refractivity contribution is 5.82. The molecule has 8 heteroatoms. The number of hydrogen-bond acceptors (Lipinski definition) is 7. The lowest BCUT2D eigenvalue weighted by Gasteiger charge is -2.21. The number of nitrogens with one attached hydrogen (secondary N) is 2. The highest BCUT2D eigenvalue weighted by Gasteiger charge is 2.14. The molecule has 1 aromatic heterocycles. The summed E-state index contributed by atoms with van der Waals surface area (Å²) < 4.78 is 5.43. The molecule has 0 saturated carbocycles. The lowest BCUT2D eigenvalue weighted by Crippen LogP contribution is -2.24. The largest absolute Gasteiger partial charge is 0.497 e. The number of aromatic amines is 1. The second-order valence-electron chi connectivity index (χ2n) is 8.24. The van der Waals surface area contributed by atoms with Crippen molar-refractivity contribution in [3.63, 3.8) is 0 Å². The lowest BCUT2D eigenvalue weighted by atomic mass is 10.1. The Morgan fingerprint density at radius 3 is 2.65 bits per heavy atom. The van der Waals surface area contributed by atoms with Gasteiger partial charge < -0.3 is 4.74 Å². The topological polar surface area (TPSA) is 106 Å². The van der Waals surface area contributed by atoms with Crippen LogP contribution in [0, 0.1) is 11.3 Å². The fourth-order valence-corrected chi connectivity index (χ4v) is 4.10. The minimum absolute atomic E-state index is 0.0318. The molecule has 174 valence electrons. The summed E-state index contributed by atoms with van der Waals surface area (Å²) in [6, 6.07) is 17.0. The number of methoxy groups -OCH3 is 1. The van der Waals surface area contributed by atoms with Crippen LogP contribution in [0.2, 0.25) is 0 Å².